The Hall–Kier alpha value is -1.82. The summed E-state index contributed by atoms with van der Waals surface area (Å²) in [6.45, 7) is 0.753. The van der Waals surface area contributed by atoms with E-state index in [1.165, 1.54) is 38.5 Å². The lowest BCUT2D eigenvalue weighted by Crippen LogP contribution is -2.52. The summed E-state index contributed by atoms with van der Waals surface area (Å²) in [7, 11) is 3.17. The van der Waals surface area contributed by atoms with Crippen molar-refractivity contribution in [2.45, 2.75) is 38.5 Å². The van der Waals surface area contributed by atoms with E-state index in [2.05, 4.69) is 10.6 Å². The van der Waals surface area contributed by atoms with Gasteiger partial charge in [-0.2, -0.15) is 0 Å². The standard InChI is InChI=1S/C21H28N2O3S/c1-25-17-4-3-16(8-18(17)26-2)23-20(27)19(24)22-12-21-9-13-5-14(10-21)7-15(6-13)11-21/h3-4,8,13-15H,5-7,9-12H2,1-2H3,(H,22,24)(H,23,27). The van der Waals surface area contributed by atoms with Crippen LogP contribution >= 0.6 is 12.2 Å². The highest BCUT2D eigenvalue weighted by atomic mass is 32.1. The lowest BCUT2D eigenvalue weighted by atomic mass is 9.49. The molecule has 0 radical (unpaired) electrons. The second-order valence-electron chi connectivity index (χ2n) is 8.62. The molecule has 6 heteroatoms. The molecule has 2 N–H and O–H groups in total. The maximum Gasteiger partial charge on any atom is 0.279 e. The van der Waals surface area contributed by atoms with Gasteiger partial charge < -0.3 is 20.1 Å². The molecule has 0 heterocycles. The van der Waals surface area contributed by atoms with Gasteiger partial charge in [-0.05, 0) is 73.8 Å². The van der Waals surface area contributed by atoms with Crippen molar-refractivity contribution >= 4 is 28.8 Å². The van der Waals surface area contributed by atoms with Crippen molar-refractivity contribution in [2.75, 3.05) is 26.1 Å². The van der Waals surface area contributed by atoms with E-state index in [0.717, 1.165) is 24.3 Å². The van der Waals surface area contributed by atoms with Crippen molar-refractivity contribution in [2.24, 2.45) is 23.2 Å². The molecule has 0 atom stereocenters. The zero-order valence-corrected chi connectivity index (χ0v) is 16.9. The molecule has 4 fully saturated rings. The van der Waals surface area contributed by atoms with Crippen LogP contribution in [0.15, 0.2) is 18.2 Å². The second kappa shape index (κ2) is 7.30. The van der Waals surface area contributed by atoms with Crippen LogP contribution in [0.1, 0.15) is 38.5 Å². The Labute approximate surface area is 166 Å². The van der Waals surface area contributed by atoms with Gasteiger partial charge in [0.2, 0.25) is 0 Å². The summed E-state index contributed by atoms with van der Waals surface area (Å²) in [5.41, 5.74) is 1.02. The number of methoxy groups -OCH3 is 2. The number of amides is 1. The number of carbonyl (C=O) groups is 1. The summed E-state index contributed by atoms with van der Waals surface area (Å²) in [4.78, 5) is 12.7. The molecule has 0 saturated heterocycles. The Morgan fingerprint density at radius 1 is 1.07 bits per heavy atom. The minimum absolute atomic E-state index is 0.187. The van der Waals surface area contributed by atoms with E-state index in [0.29, 0.717) is 22.6 Å². The first-order valence-electron chi connectivity index (χ1n) is 9.81. The smallest absolute Gasteiger partial charge is 0.279 e. The summed E-state index contributed by atoms with van der Waals surface area (Å²) >= 11 is 5.31. The fraction of sp³-hybridized carbons (Fsp3) is 0.619. The summed E-state index contributed by atoms with van der Waals surface area (Å²) in [6.07, 6.45) is 8.05. The number of anilines is 1. The van der Waals surface area contributed by atoms with E-state index in [-0.39, 0.29) is 10.9 Å². The van der Waals surface area contributed by atoms with Gasteiger partial charge in [0.1, 0.15) is 0 Å². The summed E-state index contributed by atoms with van der Waals surface area (Å²) in [5, 5.41) is 6.12. The van der Waals surface area contributed by atoms with Gasteiger partial charge in [-0.15, -0.1) is 0 Å². The normalized spacial score (nSPS) is 30.7. The van der Waals surface area contributed by atoms with Crippen LogP contribution in [0.5, 0.6) is 11.5 Å². The number of carbonyl (C=O) groups excluding carboxylic acids is 1. The fourth-order valence-corrected chi connectivity index (χ4v) is 6.15. The molecule has 4 saturated carbocycles. The van der Waals surface area contributed by atoms with Gasteiger partial charge in [0, 0.05) is 18.3 Å². The molecule has 0 unspecified atom stereocenters. The van der Waals surface area contributed by atoms with Crippen molar-refractivity contribution < 1.29 is 14.3 Å². The Morgan fingerprint density at radius 2 is 1.67 bits per heavy atom. The summed E-state index contributed by atoms with van der Waals surface area (Å²) in [6, 6.07) is 5.38. The quantitative estimate of drug-likeness (QED) is 0.752. The van der Waals surface area contributed by atoms with Crippen LogP contribution in [-0.4, -0.2) is 31.7 Å². The first-order chi connectivity index (χ1) is 13.0. The number of nitrogens with one attached hydrogen (secondary N) is 2. The van der Waals surface area contributed by atoms with E-state index in [9.17, 15) is 4.79 Å². The predicted octanol–water partition coefficient (Wildman–Crippen LogP) is 3.78. The molecule has 0 aliphatic heterocycles. The maximum absolute atomic E-state index is 12.5. The van der Waals surface area contributed by atoms with Crippen LogP contribution in [-0.2, 0) is 4.79 Å². The van der Waals surface area contributed by atoms with Crippen molar-refractivity contribution in [3.8, 4) is 11.5 Å². The third-order valence-corrected chi connectivity index (χ3v) is 6.92. The van der Waals surface area contributed by atoms with Crippen LogP contribution in [0, 0.1) is 23.2 Å². The molecule has 4 aliphatic rings. The molecule has 4 aliphatic carbocycles. The molecule has 146 valence electrons. The zero-order chi connectivity index (χ0) is 19.0. The highest BCUT2D eigenvalue weighted by Gasteiger charge is 2.50. The van der Waals surface area contributed by atoms with Crippen LogP contribution in [0.25, 0.3) is 0 Å². The topological polar surface area (TPSA) is 59.6 Å². The molecule has 4 bridgehead atoms. The highest BCUT2D eigenvalue weighted by Crippen LogP contribution is 2.59. The van der Waals surface area contributed by atoms with Crippen LogP contribution in [0.3, 0.4) is 0 Å². The summed E-state index contributed by atoms with van der Waals surface area (Å²) < 4.78 is 10.5. The van der Waals surface area contributed by atoms with Gasteiger partial charge in [0.05, 0.1) is 14.2 Å². The molecule has 0 spiro atoms. The van der Waals surface area contributed by atoms with Gasteiger partial charge in [-0.1, -0.05) is 12.2 Å². The van der Waals surface area contributed by atoms with Crippen LogP contribution in [0.4, 0.5) is 5.69 Å². The van der Waals surface area contributed by atoms with E-state index in [4.69, 9.17) is 21.7 Å². The van der Waals surface area contributed by atoms with E-state index in [1.807, 2.05) is 6.07 Å². The molecule has 5 nitrogen and oxygen atoms in total. The van der Waals surface area contributed by atoms with E-state index >= 15 is 0 Å². The van der Waals surface area contributed by atoms with Gasteiger partial charge in [-0.25, -0.2) is 0 Å². The third-order valence-electron chi connectivity index (χ3n) is 6.64. The third kappa shape index (κ3) is 3.77. The van der Waals surface area contributed by atoms with Crippen LogP contribution < -0.4 is 20.1 Å². The van der Waals surface area contributed by atoms with Crippen molar-refractivity contribution in [1.29, 1.82) is 0 Å². The number of hydrogen-bond acceptors (Lipinski definition) is 4. The first-order valence-corrected chi connectivity index (χ1v) is 10.2. The average molecular weight is 389 g/mol. The minimum atomic E-state index is -0.199. The second-order valence-corrected chi connectivity index (χ2v) is 9.03. The number of hydrogen-bond donors (Lipinski definition) is 2. The molecular formula is C21H28N2O3S. The van der Waals surface area contributed by atoms with Crippen LogP contribution in [0.2, 0.25) is 0 Å². The minimum Gasteiger partial charge on any atom is -0.493 e. The van der Waals surface area contributed by atoms with Crippen molar-refractivity contribution in [3.05, 3.63) is 18.2 Å². The zero-order valence-electron chi connectivity index (χ0n) is 16.0. The van der Waals surface area contributed by atoms with Crippen molar-refractivity contribution in [1.82, 2.24) is 5.32 Å². The number of benzene rings is 1. The lowest BCUT2D eigenvalue weighted by molar-refractivity contribution is -0.116. The maximum atomic E-state index is 12.5. The Balaban J connectivity index is 1.34. The highest BCUT2D eigenvalue weighted by molar-refractivity contribution is 7.82. The average Bonchev–Trinajstić information content (AvgIpc) is 2.65. The van der Waals surface area contributed by atoms with Gasteiger partial charge in [0.15, 0.2) is 16.5 Å². The molecular weight excluding hydrogens is 360 g/mol. The van der Waals surface area contributed by atoms with Crippen molar-refractivity contribution in [3.63, 3.8) is 0 Å². The molecule has 27 heavy (non-hydrogen) atoms. The Kier molecular flexibility index (Phi) is 5.01. The fourth-order valence-electron chi connectivity index (χ4n) is 5.96. The predicted molar refractivity (Wildman–Crippen MR) is 109 cm³/mol. The molecule has 5 rings (SSSR count). The monoisotopic (exact) mass is 388 g/mol. The summed E-state index contributed by atoms with van der Waals surface area (Å²) in [5.74, 6) is 3.68. The molecule has 1 aromatic carbocycles. The number of thiocarbonyl (C=S) groups is 1. The largest absolute Gasteiger partial charge is 0.493 e. The molecule has 1 amide bonds. The number of rotatable bonds is 5. The Bertz CT molecular complexity index is 714. The van der Waals surface area contributed by atoms with Gasteiger partial charge >= 0.3 is 0 Å². The lowest BCUT2D eigenvalue weighted by Gasteiger charge is -2.56. The Morgan fingerprint density at radius 3 is 2.22 bits per heavy atom. The van der Waals surface area contributed by atoms with Gasteiger partial charge in [0.25, 0.3) is 5.91 Å². The molecule has 0 aromatic heterocycles. The van der Waals surface area contributed by atoms with Gasteiger partial charge in [-0.3, -0.25) is 4.79 Å². The number of ether oxygens (including phenoxy) is 2. The van der Waals surface area contributed by atoms with E-state index < -0.39 is 0 Å². The first kappa shape index (κ1) is 18.5. The molecule has 1 aromatic rings. The van der Waals surface area contributed by atoms with E-state index in [1.54, 1.807) is 26.4 Å². The SMILES string of the molecule is COc1ccc(NC(=S)C(=O)NCC23CC4CC(CC(C4)C2)C3)cc1OC.